The van der Waals surface area contributed by atoms with Gasteiger partial charge in [-0.15, -0.1) is 24.0 Å². The van der Waals surface area contributed by atoms with Gasteiger partial charge in [-0.1, -0.05) is 0 Å². The number of methoxy groups -OCH3 is 1. The third-order valence-corrected chi connectivity index (χ3v) is 3.07. The van der Waals surface area contributed by atoms with Crippen molar-refractivity contribution in [2.75, 3.05) is 40.9 Å². The molecule has 118 valence electrons. The molecule has 0 radical (unpaired) electrons. The molecule has 1 fully saturated rings. The molecule has 20 heavy (non-hydrogen) atoms. The van der Waals surface area contributed by atoms with Crippen molar-refractivity contribution in [2.45, 2.75) is 25.8 Å². The lowest BCUT2D eigenvalue weighted by Crippen LogP contribution is -2.46. The number of carbonyl (C=O) groups excluding carboxylic acids is 1. The van der Waals surface area contributed by atoms with Gasteiger partial charge in [0.05, 0.1) is 12.6 Å². The van der Waals surface area contributed by atoms with Crippen LogP contribution in [0.15, 0.2) is 4.99 Å². The van der Waals surface area contributed by atoms with E-state index >= 15 is 0 Å². The van der Waals surface area contributed by atoms with Crippen LogP contribution in [-0.4, -0.2) is 63.7 Å². The summed E-state index contributed by atoms with van der Waals surface area (Å²) >= 11 is 0. The van der Waals surface area contributed by atoms with Crippen molar-refractivity contribution >= 4 is 35.8 Å². The first-order valence-electron chi connectivity index (χ1n) is 6.82. The highest BCUT2D eigenvalue weighted by molar-refractivity contribution is 14.0. The Morgan fingerprint density at radius 3 is 2.55 bits per heavy atom. The Balaban J connectivity index is 0.00000361. The van der Waals surface area contributed by atoms with Gasteiger partial charge in [-0.25, -0.2) is 4.99 Å². The van der Waals surface area contributed by atoms with Gasteiger partial charge in [0.25, 0.3) is 0 Å². The number of hydrogen-bond acceptors (Lipinski definition) is 3. The van der Waals surface area contributed by atoms with Gasteiger partial charge in [0.15, 0.2) is 5.96 Å². The Bertz CT molecular complexity index is 319. The summed E-state index contributed by atoms with van der Waals surface area (Å²) in [5.41, 5.74) is 0. The zero-order valence-corrected chi connectivity index (χ0v) is 15.1. The van der Waals surface area contributed by atoms with Crippen molar-refractivity contribution < 1.29 is 9.53 Å². The minimum atomic E-state index is -0.00748. The van der Waals surface area contributed by atoms with E-state index in [2.05, 4.69) is 15.6 Å². The van der Waals surface area contributed by atoms with Crippen LogP contribution in [0.5, 0.6) is 0 Å². The average molecular weight is 398 g/mol. The van der Waals surface area contributed by atoms with Gasteiger partial charge < -0.3 is 20.3 Å². The summed E-state index contributed by atoms with van der Waals surface area (Å²) in [4.78, 5) is 17.4. The number of nitrogens with zero attached hydrogens (tertiary/aromatic N) is 2. The van der Waals surface area contributed by atoms with Gasteiger partial charge in [0.1, 0.15) is 6.54 Å². The standard InChI is InChI=1S/C13H26N4O2.HI/c1-5-14-13(15-8-12(18)17(2)3)16-11(9-19-4)10-6-7-10;/h10-11H,5-9H2,1-4H3,(H2,14,15,16);1H. The highest BCUT2D eigenvalue weighted by Gasteiger charge is 2.31. The lowest BCUT2D eigenvalue weighted by molar-refractivity contribution is -0.127. The molecular formula is C13H27IN4O2. The van der Waals surface area contributed by atoms with Gasteiger partial charge >= 0.3 is 0 Å². The number of aliphatic imine (C=N–C) groups is 1. The number of amides is 1. The SMILES string of the molecule is CCNC(=NCC(=O)N(C)C)NC(COC)C1CC1.I. The van der Waals surface area contributed by atoms with Crippen LogP contribution < -0.4 is 10.6 Å². The Labute approximate surface area is 138 Å². The minimum absolute atomic E-state index is 0. The van der Waals surface area contributed by atoms with E-state index in [9.17, 15) is 4.79 Å². The Morgan fingerprint density at radius 1 is 1.45 bits per heavy atom. The van der Waals surface area contributed by atoms with Crippen LogP contribution in [0.1, 0.15) is 19.8 Å². The van der Waals surface area contributed by atoms with Gasteiger partial charge in [0, 0.05) is 27.7 Å². The molecule has 0 spiro atoms. The Hall–Kier alpha value is -0.570. The van der Waals surface area contributed by atoms with Gasteiger partial charge in [-0.3, -0.25) is 4.79 Å². The van der Waals surface area contributed by atoms with Crippen LogP contribution >= 0.6 is 24.0 Å². The smallest absolute Gasteiger partial charge is 0.243 e. The third-order valence-electron chi connectivity index (χ3n) is 3.07. The zero-order chi connectivity index (χ0) is 14.3. The molecule has 1 aliphatic carbocycles. The van der Waals surface area contributed by atoms with E-state index in [0.717, 1.165) is 6.54 Å². The molecule has 1 saturated carbocycles. The van der Waals surface area contributed by atoms with Gasteiger partial charge in [-0.05, 0) is 25.7 Å². The van der Waals surface area contributed by atoms with Crippen LogP contribution in [0.4, 0.5) is 0 Å². The van der Waals surface area contributed by atoms with E-state index in [0.29, 0.717) is 18.5 Å². The first kappa shape index (κ1) is 19.4. The molecule has 0 aliphatic heterocycles. The second-order valence-electron chi connectivity index (χ2n) is 5.03. The summed E-state index contributed by atoms with van der Waals surface area (Å²) in [5.74, 6) is 1.34. The molecule has 0 saturated heterocycles. The van der Waals surface area contributed by atoms with Crippen molar-refractivity contribution in [3.8, 4) is 0 Å². The molecule has 1 rings (SSSR count). The monoisotopic (exact) mass is 398 g/mol. The molecule has 6 nitrogen and oxygen atoms in total. The molecule has 0 aromatic heterocycles. The van der Waals surface area contributed by atoms with Crippen molar-refractivity contribution in [2.24, 2.45) is 10.9 Å². The van der Waals surface area contributed by atoms with E-state index in [1.54, 1.807) is 26.1 Å². The summed E-state index contributed by atoms with van der Waals surface area (Å²) in [7, 11) is 5.17. The number of guanidine groups is 1. The zero-order valence-electron chi connectivity index (χ0n) is 12.8. The predicted octanol–water partition coefficient (Wildman–Crippen LogP) is 0.673. The molecule has 1 atom stereocenters. The summed E-state index contributed by atoms with van der Waals surface area (Å²) in [5, 5.41) is 6.52. The second-order valence-corrected chi connectivity index (χ2v) is 5.03. The number of ether oxygens (including phenoxy) is 1. The van der Waals surface area contributed by atoms with E-state index < -0.39 is 0 Å². The summed E-state index contributed by atoms with van der Waals surface area (Å²) < 4.78 is 5.23. The van der Waals surface area contributed by atoms with Crippen LogP contribution in [0.25, 0.3) is 0 Å². The van der Waals surface area contributed by atoms with Crippen molar-refractivity contribution in [1.82, 2.24) is 15.5 Å². The maximum atomic E-state index is 11.5. The first-order valence-corrected chi connectivity index (χ1v) is 6.82. The van der Waals surface area contributed by atoms with Crippen LogP contribution in [0.3, 0.4) is 0 Å². The van der Waals surface area contributed by atoms with Gasteiger partial charge in [0.2, 0.25) is 5.91 Å². The molecular weight excluding hydrogens is 371 g/mol. The normalized spacial score (nSPS) is 16.1. The molecule has 0 heterocycles. The number of rotatable bonds is 7. The van der Waals surface area contributed by atoms with Crippen LogP contribution in [0.2, 0.25) is 0 Å². The number of likely N-dealkylation sites (N-methyl/N-ethyl adjacent to an activating group) is 1. The maximum absolute atomic E-state index is 11.5. The van der Waals surface area contributed by atoms with E-state index in [1.165, 1.54) is 12.8 Å². The van der Waals surface area contributed by atoms with E-state index in [4.69, 9.17) is 4.74 Å². The maximum Gasteiger partial charge on any atom is 0.243 e. The highest BCUT2D eigenvalue weighted by atomic mass is 127. The van der Waals surface area contributed by atoms with Crippen molar-refractivity contribution in [3.05, 3.63) is 0 Å². The number of carbonyl (C=O) groups is 1. The molecule has 1 aliphatic rings. The number of halogens is 1. The summed E-state index contributed by atoms with van der Waals surface area (Å²) in [6.07, 6.45) is 2.47. The lowest BCUT2D eigenvalue weighted by Gasteiger charge is -2.20. The number of nitrogens with one attached hydrogen (secondary N) is 2. The molecule has 7 heteroatoms. The molecule has 0 aromatic carbocycles. The molecule has 0 bridgehead atoms. The third kappa shape index (κ3) is 7.28. The Morgan fingerprint density at radius 2 is 2.10 bits per heavy atom. The number of hydrogen-bond donors (Lipinski definition) is 2. The van der Waals surface area contributed by atoms with Crippen LogP contribution in [0, 0.1) is 5.92 Å². The van der Waals surface area contributed by atoms with E-state index in [-0.39, 0.29) is 42.5 Å². The van der Waals surface area contributed by atoms with E-state index in [1.807, 2.05) is 6.92 Å². The predicted molar refractivity (Wildman–Crippen MR) is 91.6 cm³/mol. The molecule has 0 aromatic rings. The molecule has 2 N–H and O–H groups in total. The van der Waals surface area contributed by atoms with Crippen LogP contribution in [-0.2, 0) is 9.53 Å². The Kier molecular flexibility index (Phi) is 9.91. The van der Waals surface area contributed by atoms with Gasteiger partial charge in [-0.2, -0.15) is 0 Å². The summed E-state index contributed by atoms with van der Waals surface area (Å²) in [6.45, 7) is 3.60. The fourth-order valence-electron chi connectivity index (χ4n) is 1.76. The lowest BCUT2D eigenvalue weighted by atomic mass is 10.2. The average Bonchev–Trinajstić information content (AvgIpc) is 3.19. The first-order chi connectivity index (χ1) is 9.08. The van der Waals surface area contributed by atoms with Crippen molar-refractivity contribution in [3.63, 3.8) is 0 Å². The minimum Gasteiger partial charge on any atom is -0.383 e. The molecule has 1 unspecified atom stereocenters. The largest absolute Gasteiger partial charge is 0.383 e. The fraction of sp³-hybridized carbons (Fsp3) is 0.846. The molecule has 1 amide bonds. The fourth-order valence-corrected chi connectivity index (χ4v) is 1.76. The summed E-state index contributed by atoms with van der Waals surface area (Å²) in [6, 6.07) is 0.275. The second kappa shape index (κ2) is 10.2. The quantitative estimate of drug-likeness (QED) is 0.376. The highest BCUT2D eigenvalue weighted by Crippen LogP contribution is 2.32. The van der Waals surface area contributed by atoms with Crippen molar-refractivity contribution in [1.29, 1.82) is 0 Å². The topological polar surface area (TPSA) is 66.0 Å².